The molecule has 13 heavy (non-hydrogen) atoms. The number of para-hydroxylation sites is 1. The van der Waals surface area contributed by atoms with Gasteiger partial charge in [-0.05, 0) is 6.07 Å². The number of hydrogen-bond acceptors (Lipinski definition) is 1. The first-order chi connectivity index (χ1) is 6.27. The summed E-state index contributed by atoms with van der Waals surface area (Å²) in [6.07, 6.45) is 1.75. The summed E-state index contributed by atoms with van der Waals surface area (Å²) in [4.78, 5) is 13.7. The Hall–Kier alpha value is -1.42. The fourth-order valence-electron chi connectivity index (χ4n) is 1.29. The molecular weight excluding hydrogens is 184 g/mol. The van der Waals surface area contributed by atoms with E-state index in [-0.39, 0.29) is 5.24 Å². The molecule has 0 saturated heterocycles. The number of amides is 1. The van der Waals surface area contributed by atoms with Crippen molar-refractivity contribution in [2.24, 2.45) is 0 Å². The average Bonchev–Trinajstić information content (AvgIpc) is 2.48. The number of aromatic nitrogens is 1. The summed E-state index contributed by atoms with van der Waals surface area (Å²) in [7, 11) is 0. The molecule has 1 heterocycles. The Morgan fingerprint density at radius 2 is 2.15 bits per heavy atom. The Balaban J connectivity index is 2.51. The van der Waals surface area contributed by atoms with Gasteiger partial charge in [-0.3, -0.25) is 4.79 Å². The minimum atomic E-state index is -0.357. The van der Waals surface area contributed by atoms with Gasteiger partial charge in [-0.25, -0.2) is 0 Å². The third-order valence-corrected chi connectivity index (χ3v) is 1.94. The topological polar surface area (TPSA) is 44.9 Å². The molecule has 2 rings (SSSR count). The van der Waals surface area contributed by atoms with Gasteiger partial charge in [0, 0.05) is 17.1 Å². The Bertz CT molecular complexity index is 450. The first-order valence-corrected chi connectivity index (χ1v) is 4.28. The van der Waals surface area contributed by atoms with Crippen LogP contribution < -0.4 is 5.32 Å². The first kappa shape index (κ1) is 8.19. The van der Waals surface area contributed by atoms with Gasteiger partial charge in [0.15, 0.2) is 0 Å². The summed E-state index contributed by atoms with van der Waals surface area (Å²) in [5.74, 6) is 0. The van der Waals surface area contributed by atoms with E-state index in [0.29, 0.717) is 0 Å². The Labute approximate surface area is 80.6 Å². The molecule has 2 N–H and O–H groups in total. The average molecular weight is 192 g/mol. The van der Waals surface area contributed by atoms with Crippen molar-refractivity contribution in [1.29, 1.82) is 0 Å². The lowest BCUT2D eigenvalue weighted by Crippen LogP contribution is -1.99. The molecule has 66 valence electrons. The van der Waals surface area contributed by atoms with Gasteiger partial charge in [-0.15, -0.1) is 0 Å². The van der Waals surface area contributed by atoms with Crippen molar-refractivity contribution in [2.75, 3.05) is 5.32 Å². The van der Waals surface area contributed by atoms with Crippen LogP contribution in [0.2, 0.25) is 0 Å². The van der Waals surface area contributed by atoms with Crippen molar-refractivity contribution in [2.45, 2.75) is 0 Å². The zero-order valence-electron chi connectivity index (χ0n) is 6.74. The quantitative estimate of drug-likeness (QED) is 0.597. The highest BCUT2D eigenvalue weighted by atomic mass is 32.1. The van der Waals surface area contributed by atoms with Crippen molar-refractivity contribution >= 4 is 34.5 Å². The Kier molecular flexibility index (Phi) is 1.98. The van der Waals surface area contributed by atoms with Crippen LogP contribution in [0.5, 0.6) is 0 Å². The van der Waals surface area contributed by atoms with E-state index < -0.39 is 0 Å². The minimum Gasteiger partial charge on any atom is -0.359 e. The van der Waals surface area contributed by atoms with E-state index in [2.05, 4.69) is 22.9 Å². The standard InChI is InChI=1S/C9H8N2OS/c12-9(13)11-8-5-10-7-4-2-1-3-6(7)8/h1-5,10H,(H2,11,12,13). The number of benzene rings is 1. The zero-order valence-corrected chi connectivity index (χ0v) is 7.64. The van der Waals surface area contributed by atoms with E-state index in [1.165, 1.54) is 0 Å². The van der Waals surface area contributed by atoms with Gasteiger partial charge in [-0.2, -0.15) is 0 Å². The fourth-order valence-corrected chi connectivity index (χ4v) is 1.41. The maximum atomic E-state index is 10.7. The summed E-state index contributed by atoms with van der Waals surface area (Å²) in [6, 6.07) is 7.74. The number of nitrogens with one attached hydrogen (secondary N) is 2. The number of fused-ring (bicyclic) bond motifs is 1. The first-order valence-electron chi connectivity index (χ1n) is 3.83. The lowest BCUT2D eigenvalue weighted by molar-refractivity contribution is 0.270. The number of rotatable bonds is 1. The number of carbonyl (C=O) groups is 1. The number of thiol groups is 1. The molecule has 0 saturated carbocycles. The summed E-state index contributed by atoms with van der Waals surface area (Å²) >= 11 is 3.65. The van der Waals surface area contributed by atoms with E-state index in [1.54, 1.807) is 6.20 Å². The maximum Gasteiger partial charge on any atom is 0.280 e. The predicted octanol–water partition coefficient (Wildman–Crippen LogP) is 2.63. The lowest BCUT2D eigenvalue weighted by atomic mass is 10.2. The molecule has 1 amide bonds. The van der Waals surface area contributed by atoms with Crippen LogP contribution in [-0.4, -0.2) is 10.2 Å². The lowest BCUT2D eigenvalue weighted by Gasteiger charge is -1.96. The zero-order chi connectivity index (χ0) is 9.26. The monoisotopic (exact) mass is 192 g/mol. The number of aromatic amines is 1. The van der Waals surface area contributed by atoms with Crippen LogP contribution in [0.3, 0.4) is 0 Å². The molecule has 1 aromatic heterocycles. The Morgan fingerprint density at radius 1 is 1.38 bits per heavy atom. The second-order valence-corrected chi connectivity index (χ2v) is 3.08. The van der Waals surface area contributed by atoms with Crippen LogP contribution in [0.25, 0.3) is 10.9 Å². The van der Waals surface area contributed by atoms with Crippen LogP contribution in [0, 0.1) is 0 Å². The summed E-state index contributed by atoms with van der Waals surface area (Å²) in [6.45, 7) is 0. The molecule has 0 spiro atoms. The molecule has 0 aliphatic rings. The molecule has 1 aromatic carbocycles. The van der Waals surface area contributed by atoms with E-state index in [9.17, 15) is 4.79 Å². The van der Waals surface area contributed by atoms with Crippen LogP contribution in [0.15, 0.2) is 30.5 Å². The van der Waals surface area contributed by atoms with E-state index in [1.807, 2.05) is 24.3 Å². The summed E-state index contributed by atoms with van der Waals surface area (Å²) < 4.78 is 0. The highest BCUT2D eigenvalue weighted by Gasteiger charge is 2.02. The molecule has 0 aliphatic heterocycles. The van der Waals surface area contributed by atoms with Gasteiger partial charge in [0.1, 0.15) is 0 Å². The highest BCUT2D eigenvalue weighted by Crippen LogP contribution is 2.22. The molecule has 0 fully saturated rings. The molecule has 0 radical (unpaired) electrons. The van der Waals surface area contributed by atoms with Crippen LogP contribution in [0.1, 0.15) is 0 Å². The van der Waals surface area contributed by atoms with Crippen molar-refractivity contribution < 1.29 is 4.79 Å². The normalized spacial score (nSPS) is 10.2. The third-order valence-electron chi connectivity index (χ3n) is 1.83. The predicted molar refractivity (Wildman–Crippen MR) is 56.3 cm³/mol. The summed E-state index contributed by atoms with van der Waals surface area (Å²) in [5.41, 5.74) is 1.76. The molecule has 0 atom stereocenters. The van der Waals surface area contributed by atoms with E-state index in [0.717, 1.165) is 16.6 Å². The second-order valence-electron chi connectivity index (χ2n) is 2.68. The smallest absolute Gasteiger partial charge is 0.280 e. The van der Waals surface area contributed by atoms with Gasteiger partial charge in [0.05, 0.1) is 5.69 Å². The van der Waals surface area contributed by atoms with Crippen molar-refractivity contribution in [3.8, 4) is 0 Å². The van der Waals surface area contributed by atoms with E-state index in [4.69, 9.17) is 0 Å². The molecule has 0 aliphatic carbocycles. The second kappa shape index (κ2) is 3.14. The van der Waals surface area contributed by atoms with Crippen LogP contribution >= 0.6 is 12.6 Å². The van der Waals surface area contributed by atoms with Crippen molar-refractivity contribution in [3.05, 3.63) is 30.5 Å². The van der Waals surface area contributed by atoms with Crippen LogP contribution in [0.4, 0.5) is 10.5 Å². The molecule has 0 bridgehead atoms. The molecular formula is C9H8N2OS. The van der Waals surface area contributed by atoms with E-state index >= 15 is 0 Å². The van der Waals surface area contributed by atoms with Crippen LogP contribution in [-0.2, 0) is 0 Å². The van der Waals surface area contributed by atoms with Gasteiger partial charge in [0.2, 0.25) is 0 Å². The highest BCUT2D eigenvalue weighted by molar-refractivity contribution is 7.96. The molecule has 4 heteroatoms. The molecule has 2 aromatic rings. The van der Waals surface area contributed by atoms with Gasteiger partial charge >= 0.3 is 0 Å². The Morgan fingerprint density at radius 3 is 2.92 bits per heavy atom. The molecule has 0 unspecified atom stereocenters. The van der Waals surface area contributed by atoms with Crippen molar-refractivity contribution in [3.63, 3.8) is 0 Å². The van der Waals surface area contributed by atoms with Gasteiger partial charge < -0.3 is 10.3 Å². The van der Waals surface area contributed by atoms with Gasteiger partial charge in [-0.1, -0.05) is 30.8 Å². The molecule has 3 nitrogen and oxygen atoms in total. The third kappa shape index (κ3) is 1.53. The SMILES string of the molecule is O=C(S)Nc1c[nH]c2ccccc12. The van der Waals surface area contributed by atoms with Gasteiger partial charge in [0.25, 0.3) is 5.24 Å². The maximum absolute atomic E-state index is 10.7. The fraction of sp³-hybridized carbons (Fsp3) is 0. The minimum absolute atomic E-state index is 0.357. The number of H-pyrrole nitrogens is 1. The number of carbonyl (C=O) groups excluding carboxylic acids is 1. The number of anilines is 1. The number of hydrogen-bond donors (Lipinski definition) is 3. The largest absolute Gasteiger partial charge is 0.359 e. The summed E-state index contributed by atoms with van der Waals surface area (Å²) in [5, 5.41) is 3.26. The van der Waals surface area contributed by atoms with Crippen molar-refractivity contribution in [1.82, 2.24) is 4.98 Å².